The molecule has 2 aliphatic heterocycles. The first kappa shape index (κ1) is 12.4. The number of rotatable bonds is 3. The summed E-state index contributed by atoms with van der Waals surface area (Å²) in [5.41, 5.74) is 0. The van der Waals surface area contributed by atoms with E-state index in [-0.39, 0.29) is 5.92 Å². The number of carbonyl (C=O) groups is 1. The van der Waals surface area contributed by atoms with Gasteiger partial charge in [0.05, 0.1) is 0 Å². The number of nitrogens with zero attached hydrogens (tertiary/aromatic N) is 1. The lowest BCUT2D eigenvalue weighted by atomic mass is 9.96. The summed E-state index contributed by atoms with van der Waals surface area (Å²) < 4.78 is 0. The van der Waals surface area contributed by atoms with Crippen molar-refractivity contribution in [1.82, 2.24) is 4.90 Å². The summed E-state index contributed by atoms with van der Waals surface area (Å²) in [5, 5.41) is 0. The van der Waals surface area contributed by atoms with Crippen molar-refractivity contribution in [2.24, 2.45) is 5.92 Å². The second-order valence-corrected chi connectivity index (χ2v) is 6.51. The van der Waals surface area contributed by atoms with Crippen LogP contribution >= 0.6 is 15.9 Å². The molecule has 0 aromatic heterocycles. The molecule has 2 nitrogen and oxygen atoms in total. The highest BCUT2D eigenvalue weighted by atomic mass is 79.9. The van der Waals surface area contributed by atoms with Gasteiger partial charge in [0.15, 0.2) is 0 Å². The number of hydrogen-bond acceptors (Lipinski definition) is 1. The molecule has 16 heavy (non-hydrogen) atoms. The Labute approximate surface area is 107 Å². The number of amides is 1. The van der Waals surface area contributed by atoms with Crippen molar-refractivity contribution in [2.45, 2.75) is 69.3 Å². The van der Waals surface area contributed by atoms with Crippen molar-refractivity contribution in [1.29, 1.82) is 0 Å². The second-order valence-electron chi connectivity index (χ2n) is 5.21. The lowest BCUT2D eigenvalue weighted by Crippen LogP contribution is -2.49. The molecule has 2 bridgehead atoms. The highest BCUT2D eigenvalue weighted by Gasteiger charge is 2.43. The van der Waals surface area contributed by atoms with Gasteiger partial charge >= 0.3 is 0 Å². The van der Waals surface area contributed by atoms with E-state index in [1.165, 1.54) is 12.8 Å². The zero-order valence-corrected chi connectivity index (χ0v) is 11.9. The fourth-order valence-corrected chi connectivity index (χ4v) is 4.18. The second kappa shape index (κ2) is 5.07. The number of halogens is 1. The lowest BCUT2D eigenvalue weighted by Gasteiger charge is -2.39. The van der Waals surface area contributed by atoms with E-state index >= 15 is 0 Å². The molecule has 2 unspecified atom stereocenters. The molecule has 2 aliphatic rings. The fourth-order valence-electron chi connectivity index (χ4n) is 3.32. The summed E-state index contributed by atoms with van der Waals surface area (Å²) in [7, 11) is 0. The third-order valence-corrected chi connectivity index (χ3v) is 5.01. The Kier molecular flexibility index (Phi) is 3.93. The van der Waals surface area contributed by atoms with Crippen LogP contribution < -0.4 is 0 Å². The molecule has 0 radical (unpaired) electrons. The van der Waals surface area contributed by atoms with Crippen LogP contribution in [-0.4, -0.2) is 27.7 Å². The van der Waals surface area contributed by atoms with Gasteiger partial charge in [0.25, 0.3) is 0 Å². The van der Waals surface area contributed by atoms with Gasteiger partial charge in [-0.1, -0.05) is 29.8 Å². The Hall–Kier alpha value is -0.0500. The molecule has 0 spiro atoms. The highest BCUT2D eigenvalue weighted by Crippen LogP contribution is 2.39. The van der Waals surface area contributed by atoms with Crippen LogP contribution in [0.4, 0.5) is 0 Å². The molecule has 3 heteroatoms. The van der Waals surface area contributed by atoms with Crippen molar-refractivity contribution < 1.29 is 4.79 Å². The molecule has 0 aromatic carbocycles. The monoisotopic (exact) mass is 287 g/mol. The van der Waals surface area contributed by atoms with E-state index in [1.54, 1.807) is 0 Å². The zero-order valence-electron chi connectivity index (χ0n) is 10.3. The minimum atomic E-state index is 0.259. The minimum absolute atomic E-state index is 0.259. The molecule has 92 valence electrons. The SMILES string of the molecule is CCC(CC)C(=O)N1C2CCC1CC(Br)C2. The maximum atomic E-state index is 12.4. The van der Waals surface area contributed by atoms with E-state index in [2.05, 4.69) is 34.7 Å². The van der Waals surface area contributed by atoms with Crippen molar-refractivity contribution in [3.63, 3.8) is 0 Å². The molecule has 2 rings (SSSR count). The van der Waals surface area contributed by atoms with E-state index in [4.69, 9.17) is 0 Å². The molecule has 2 heterocycles. The van der Waals surface area contributed by atoms with Gasteiger partial charge < -0.3 is 4.90 Å². The maximum absolute atomic E-state index is 12.4. The quantitative estimate of drug-likeness (QED) is 0.729. The molecule has 1 amide bonds. The van der Waals surface area contributed by atoms with Gasteiger partial charge in [-0.3, -0.25) is 4.79 Å². The highest BCUT2D eigenvalue weighted by molar-refractivity contribution is 9.09. The minimum Gasteiger partial charge on any atom is -0.336 e. The van der Waals surface area contributed by atoms with Gasteiger partial charge in [0.1, 0.15) is 0 Å². The van der Waals surface area contributed by atoms with Gasteiger partial charge in [0.2, 0.25) is 5.91 Å². The molecule has 0 aliphatic carbocycles. The number of fused-ring (bicyclic) bond motifs is 2. The number of piperidine rings is 1. The smallest absolute Gasteiger partial charge is 0.226 e. The fraction of sp³-hybridized carbons (Fsp3) is 0.923. The predicted molar refractivity (Wildman–Crippen MR) is 69.7 cm³/mol. The molecule has 2 fully saturated rings. The van der Waals surface area contributed by atoms with Crippen LogP contribution in [0, 0.1) is 5.92 Å². The van der Waals surface area contributed by atoms with Crippen LogP contribution in [0.3, 0.4) is 0 Å². The van der Waals surface area contributed by atoms with E-state index in [0.29, 0.717) is 22.8 Å². The van der Waals surface area contributed by atoms with Crippen LogP contribution in [0.2, 0.25) is 0 Å². The summed E-state index contributed by atoms with van der Waals surface area (Å²) in [6, 6.07) is 1.05. The maximum Gasteiger partial charge on any atom is 0.226 e. The van der Waals surface area contributed by atoms with E-state index in [9.17, 15) is 4.79 Å². The number of hydrogen-bond donors (Lipinski definition) is 0. The average Bonchev–Trinajstić information content (AvgIpc) is 2.53. The lowest BCUT2D eigenvalue weighted by molar-refractivity contribution is -0.140. The molecule has 0 aromatic rings. The predicted octanol–water partition coefficient (Wildman–Crippen LogP) is 3.34. The Balaban J connectivity index is 2.07. The largest absolute Gasteiger partial charge is 0.336 e. The van der Waals surface area contributed by atoms with E-state index < -0.39 is 0 Å². The third kappa shape index (κ3) is 2.15. The molecular weight excluding hydrogens is 266 g/mol. The van der Waals surface area contributed by atoms with Crippen molar-refractivity contribution in [3.05, 3.63) is 0 Å². The summed E-state index contributed by atoms with van der Waals surface area (Å²) in [4.78, 5) is 15.3. The van der Waals surface area contributed by atoms with Crippen molar-refractivity contribution in [3.8, 4) is 0 Å². The van der Waals surface area contributed by atoms with Crippen molar-refractivity contribution in [2.75, 3.05) is 0 Å². The summed E-state index contributed by atoms with van der Waals surface area (Å²) >= 11 is 3.72. The van der Waals surface area contributed by atoms with Crippen LogP contribution in [-0.2, 0) is 4.79 Å². The Morgan fingerprint density at radius 2 is 1.75 bits per heavy atom. The molecule has 2 saturated heterocycles. The first-order valence-corrected chi connectivity index (χ1v) is 7.55. The zero-order chi connectivity index (χ0) is 11.7. The van der Waals surface area contributed by atoms with Gasteiger partial charge in [-0.25, -0.2) is 0 Å². The van der Waals surface area contributed by atoms with Gasteiger partial charge in [-0.05, 0) is 38.5 Å². The summed E-state index contributed by atoms with van der Waals surface area (Å²) in [5.74, 6) is 0.687. The summed E-state index contributed by atoms with van der Waals surface area (Å²) in [6.07, 6.45) is 6.73. The van der Waals surface area contributed by atoms with E-state index in [1.807, 2.05) is 0 Å². The van der Waals surface area contributed by atoms with Crippen LogP contribution in [0.5, 0.6) is 0 Å². The summed E-state index contributed by atoms with van der Waals surface area (Å²) in [6.45, 7) is 4.26. The first-order chi connectivity index (χ1) is 7.67. The van der Waals surface area contributed by atoms with Crippen LogP contribution in [0.15, 0.2) is 0 Å². The van der Waals surface area contributed by atoms with Crippen LogP contribution in [0.25, 0.3) is 0 Å². The number of carbonyl (C=O) groups excluding carboxylic acids is 1. The average molecular weight is 288 g/mol. The Morgan fingerprint density at radius 1 is 1.25 bits per heavy atom. The number of alkyl halides is 1. The van der Waals surface area contributed by atoms with Crippen LogP contribution in [0.1, 0.15) is 52.4 Å². The molecule has 2 atom stereocenters. The van der Waals surface area contributed by atoms with Crippen molar-refractivity contribution >= 4 is 21.8 Å². The van der Waals surface area contributed by atoms with Gasteiger partial charge in [0, 0.05) is 22.8 Å². The molecule has 0 N–H and O–H groups in total. The molecule has 0 saturated carbocycles. The van der Waals surface area contributed by atoms with E-state index in [0.717, 1.165) is 25.7 Å². The normalized spacial score (nSPS) is 33.5. The standard InChI is InChI=1S/C13H22BrNO/c1-3-9(4-2)13(16)15-11-5-6-12(15)8-10(14)7-11/h9-12H,3-8H2,1-2H3. The topological polar surface area (TPSA) is 20.3 Å². The Morgan fingerprint density at radius 3 is 2.19 bits per heavy atom. The van der Waals surface area contributed by atoms with Gasteiger partial charge in [-0.15, -0.1) is 0 Å². The molecular formula is C13H22BrNO. The first-order valence-electron chi connectivity index (χ1n) is 6.63. The van der Waals surface area contributed by atoms with Gasteiger partial charge in [-0.2, -0.15) is 0 Å². The Bertz CT molecular complexity index is 251. The third-order valence-electron chi connectivity index (χ3n) is 4.26.